The van der Waals surface area contributed by atoms with E-state index in [0.29, 0.717) is 32.9 Å². The zero-order valence-electron chi connectivity index (χ0n) is 26.9. The third kappa shape index (κ3) is 6.78. The summed E-state index contributed by atoms with van der Waals surface area (Å²) in [5.41, 5.74) is 3.74. The Hall–Kier alpha value is -5.46. The summed E-state index contributed by atoms with van der Waals surface area (Å²) in [7, 11) is -7.90. The predicted molar refractivity (Wildman–Crippen MR) is 188 cm³/mol. The van der Waals surface area contributed by atoms with Crippen LogP contribution in [0.25, 0.3) is 27.9 Å². The number of nitrogens with zero attached hydrogens (tertiary/aromatic N) is 2. The molecular weight excluding hydrogens is 663 g/mol. The molecule has 4 aromatic carbocycles. The van der Waals surface area contributed by atoms with Gasteiger partial charge in [0.2, 0.25) is 5.91 Å². The highest BCUT2D eigenvalue weighted by molar-refractivity contribution is 7.90. The Labute approximate surface area is 284 Å². The van der Waals surface area contributed by atoms with Crippen LogP contribution in [-0.4, -0.2) is 42.9 Å². The summed E-state index contributed by atoms with van der Waals surface area (Å²) in [6.45, 7) is 4.95. The van der Waals surface area contributed by atoms with Crippen molar-refractivity contribution in [2.75, 3.05) is 0 Å². The van der Waals surface area contributed by atoms with Gasteiger partial charge in [0.25, 0.3) is 20.0 Å². The topological polar surface area (TPSA) is 134 Å². The van der Waals surface area contributed by atoms with Crippen LogP contribution in [0.15, 0.2) is 125 Å². The standard InChI is InChI=1S/C37H33N3O7S2/c1-25-12-17-30(18-13-25)48(43,44)39-23-28(32-8-4-6-10-34(32)39)16-21-36(42)38-37(47-27(3)41)22-29-24-40(35-11-7-5-9-33(29)35)49(45,46)31-19-14-26(2)15-20-31/h4-21,23-24,37H,22H2,1-3H3,(H,38,42)/b21-16+. The number of hydrogen-bond acceptors (Lipinski definition) is 7. The zero-order valence-corrected chi connectivity index (χ0v) is 28.5. The largest absolute Gasteiger partial charge is 0.442 e. The van der Waals surface area contributed by atoms with Gasteiger partial charge in [-0.1, -0.05) is 71.8 Å². The average molecular weight is 696 g/mol. The van der Waals surface area contributed by atoms with Gasteiger partial charge < -0.3 is 10.1 Å². The number of fused-ring (bicyclic) bond motifs is 2. The first-order valence-corrected chi connectivity index (χ1v) is 18.2. The molecule has 250 valence electrons. The SMILES string of the molecule is CC(=O)OC(Cc1cn(S(=O)(=O)c2ccc(C)cc2)c2ccccc12)NC(=O)/C=C/c1cn(S(=O)(=O)c2ccc(C)cc2)c2ccccc12. The highest BCUT2D eigenvalue weighted by Gasteiger charge is 2.24. The Bertz CT molecular complexity index is 2460. The van der Waals surface area contributed by atoms with E-state index in [2.05, 4.69) is 5.32 Å². The van der Waals surface area contributed by atoms with Crippen molar-refractivity contribution >= 4 is 59.8 Å². The molecule has 0 bridgehead atoms. The average Bonchev–Trinajstić information content (AvgIpc) is 3.63. The van der Waals surface area contributed by atoms with E-state index < -0.39 is 38.2 Å². The quantitative estimate of drug-likeness (QED) is 0.106. The number of benzene rings is 4. The lowest BCUT2D eigenvalue weighted by molar-refractivity contribution is -0.149. The van der Waals surface area contributed by atoms with Crippen molar-refractivity contribution in [3.8, 4) is 0 Å². The summed E-state index contributed by atoms with van der Waals surface area (Å²) in [5, 5.41) is 3.91. The van der Waals surface area contributed by atoms with Gasteiger partial charge in [-0.2, -0.15) is 0 Å². The van der Waals surface area contributed by atoms with Crippen LogP contribution in [0, 0.1) is 13.8 Å². The molecule has 1 amide bonds. The van der Waals surface area contributed by atoms with E-state index in [9.17, 15) is 26.4 Å². The van der Waals surface area contributed by atoms with Crippen molar-refractivity contribution in [1.82, 2.24) is 13.3 Å². The number of carbonyl (C=O) groups is 2. The second-order valence-corrected chi connectivity index (χ2v) is 15.3. The molecule has 6 aromatic rings. The number of aromatic nitrogens is 2. The lowest BCUT2D eigenvalue weighted by Crippen LogP contribution is -2.38. The van der Waals surface area contributed by atoms with Crippen molar-refractivity contribution < 1.29 is 31.2 Å². The maximum absolute atomic E-state index is 13.6. The normalized spacial score (nSPS) is 12.8. The van der Waals surface area contributed by atoms with Crippen molar-refractivity contribution in [3.05, 3.63) is 138 Å². The summed E-state index contributed by atoms with van der Waals surface area (Å²) in [6.07, 6.45) is 4.48. The van der Waals surface area contributed by atoms with E-state index >= 15 is 0 Å². The minimum Gasteiger partial charge on any atom is -0.442 e. The first-order valence-electron chi connectivity index (χ1n) is 15.3. The monoisotopic (exact) mass is 695 g/mol. The molecule has 49 heavy (non-hydrogen) atoms. The highest BCUT2D eigenvalue weighted by Crippen LogP contribution is 2.29. The summed E-state index contributed by atoms with van der Waals surface area (Å²) < 4.78 is 62.2. The first-order chi connectivity index (χ1) is 23.3. The molecule has 0 saturated heterocycles. The Morgan fingerprint density at radius 2 is 1.20 bits per heavy atom. The van der Waals surface area contributed by atoms with E-state index in [-0.39, 0.29) is 16.2 Å². The molecule has 10 nitrogen and oxygen atoms in total. The molecule has 0 aliphatic rings. The zero-order chi connectivity index (χ0) is 34.9. The van der Waals surface area contributed by atoms with Crippen molar-refractivity contribution in [3.63, 3.8) is 0 Å². The molecule has 1 unspecified atom stereocenters. The van der Waals surface area contributed by atoms with Crippen LogP contribution >= 0.6 is 0 Å². The van der Waals surface area contributed by atoms with Gasteiger partial charge in [0, 0.05) is 48.2 Å². The van der Waals surface area contributed by atoms with Crippen LogP contribution in [0.5, 0.6) is 0 Å². The maximum atomic E-state index is 13.6. The van der Waals surface area contributed by atoms with Crippen LogP contribution in [0.2, 0.25) is 0 Å². The molecule has 0 radical (unpaired) electrons. The molecule has 0 saturated carbocycles. The third-order valence-electron chi connectivity index (χ3n) is 8.06. The van der Waals surface area contributed by atoms with E-state index in [4.69, 9.17) is 4.74 Å². The van der Waals surface area contributed by atoms with E-state index in [0.717, 1.165) is 11.1 Å². The number of hydrogen-bond donors (Lipinski definition) is 1. The van der Waals surface area contributed by atoms with Gasteiger partial charge in [-0.05, 0) is 61.9 Å². The van der Waals surface area contributed by atoms with Gasteiger partial charge in [0.1, 0.15) is 0 Å². The molecular formula is C37H33N3O7S2. The molecule has 2 aromatic heterocycles. The third-order valence-corrected chi connectivity index (χ3v) is 11.4. The molecule has 6 rings (SSSR count). The number of rotatable bonds is 10. The van der Waals surface area contributed by atoms with Crippen LogP contribution in [-0.2, 0) is 40.8 Å². The van der Waals surface area contributed by atoms with E-state index in [1.807, 2.05) is 13.8 Å². The fraction of sp³-hybridized carbons (Fsp3) is 0.135. The molecule has 1 N–H and O–H groups in total. The number of carbonyl (C=O) groups excluding carboxylic acids is 2. The molecule has 2 heterocycles. The highest BCUT2D eigenvalue weighted by atomic mass is 32.2. The number of aryl methyl sites for hydroxylation is 2. The van der Waals surface area contributed by atoms with E-state index in [1.165, 1.54) is 39.4 Å². The number of para-hydroxylation sites is 2. The minimum absolute atomic E-state index is 0.0236. The number of esters is 1. The number of ether oxygens (including phenoxy) is 1. The lowest BCUT2D eigenvalue weighted by atomic mass is 10.1. The summed E-state index contributed by atoms with van der Waals surface area (Å²) in [4.78, 5) is 25.5. The molecule has 0 spiro atoms. The van der Waals surface area contributed by atoms with Gasteiger partial charge >= 0.3 is 5.97 Å². The molecule has 0 fully saturated rings. The smallest absolute Gasteiger partial charge is 0.304 e. The Morgan fingerprint density at radius 3 is 1.76 bits per heavy atom. The second kappa shape index (κ2) is 13.2. The van der Waals surface area contributed by atoms with Gasteiger partial charge in [0.15, 0.2) is 6.23 Å². The lowest BCUT2D eigenvalue weighted by Gasteiger charge is -2.17. The fourth-order valence-corrected chi connectivity index (χ4v) is 8.40. The number of amides is 1. The molecule has 1 atom stereocenters. The predicted octanol–water partition coefficient (Wildman–Crippen LogP) is 5.95. The molecule has 0 aliphatic heterocycles. The van der Waals surface area contributed by atoms with Crippen molar-refractivity contribution in [1.29, 1.82) is 0 Å². The van der Waals surface area contributed by atoms with Gasteiger partial charge in [-0.15, -0.1) is 0 Å². The summed E-state index contributed by atoms with van der Waals surface area (Å²) in [5.74, 6) is -1.25. The Kier molecular flexibility index (Phi) is 9.02. The van der Waals surface area contributed by atoms with Gasteiger partial charge in [-0.3, -0.25) is 9.59 Å². The molecule has 12 heteroatoms. The fourth-order valence-electron chi connectivity index (χ4n) is 5.63. The van der Waals surface area contributed by atoms with E-state index in [1.54, 1.807) is 97.1 Å². The van der Waals surface area contributed by atoms with Crippen LogP contribution in [0.4, 0.5) is 0 Å². The summed E-state index contributed by atoms with van der Waals surface area (Å²) in [6, 6.07) is 27.0. The number of nitrogens with one attached hydrogen (secondary N) is 1. The van der Waals surface area contributed by atoms with Crippen molar-refractivity contribution in [2.24, 2.45) is 0 Å². The Balaban J connectivity index is 1.28. The van der Waals surface area contributed by atoms with Crippen LogP contribution in [0.3, 0.4) is 0 Å². The first kappa shape index (κ1) is 33.4. The summed E-state index contributed by atoms with van der Waals surface area (Å²) >= 11 is 0. The maximum Gasteiger partial charge on any atom is 0.304 e. The van der Waals surface area contributed by atoms with Crippen LogP contribution in [0.1, 0.15) is 29.2 Å². The second-order valence-electron chi connectivity index (χ2n) is 11.6. The Morgan fingerprint density at radius 1 is 0.714 bits per heavy atom. The van der Waals surface area contributed by atoms with Crippen molar-refractivity contribution in [2.45, 2.75) is 43.2 Å². The molecule has 0 aliphatic carbocycles. The van der Waals surface area contributed by atoms with Gasteiger partial charge in [0.05, 0.1) is 20.8 Å². The van der Waals surface area contributed by atoms with Gasteiger partial charge in [-0.25, -0.2) is 24.8 Å². The van der Waals surface area contributed by atoms with Crippen LogP contribution < -0.4 is 5.32 Å². The minimum atomic E-state index is -3.96.